The smallest absolute Gasteiger partial charge is 0.0397 e. The molecule has 0 aliphatic rings. The topological polar surface area (TPSA) is 17.1 Å². The van der Waals surface area contributed by atoms with E-state index in [4.69, 9.17) is 4.79 Å². The van der Waals surface area contributed by atoms with Gasteiger partial charge >= 0.3 is 0 Å². The molecule has 0 heterocycles. The van der Waals surface area contributed by atoms with E-state index in [9.17, 15) is 0 Å². The SMILES string of the molecule is CC#C[C-]=O.[Y]. The third-order valence-corrected chi connectivity index (χ3v) is 0.176. The maximum Gasteiger partial charge on any atom is 0.0397 e. The van der Waals surface area contributed by atoms with Crippen LogP contribution in [-0.4, -0.2) is 6.29 Å². The van der Waals surface area contributed by atoms with Crippen LogP contribution in [0, 0.1) is 11.8 Å². The number of hydrogen-bond donors (Lipinski definition) is 0. The van der Waals surface area contributed by atoms with Gasteiger partial charge in [-0.3, -0.25) is 5.92 Å². The average molecular weight is 156 g/mol. The van der Waals surface area contributed by atoms with Crippen molar-refractivity contribution in [3.05, 3.63) is 0 Å². The van der Waals surface area contributed by atoms with Crippen LogP contribution in [-0.2, 0) is 37.5 Å². The number of hydrogen-bond acceptors (Lipinski definition) is 1. The van der Waals surface area contributed by atoms with Gasteiger partial charge in [-0.05, 0) is 0 Å². The molecule has 6 heavy (non-hydrogen) atoms. The van der Waals surface area contributed by atoms with Crippen molar-refractivity contribution in [2.24, 2.45) is 0 Å². The standard InChI is InChI=1S/C4H3O.Y/c1-2-3-4-5;/h1H3;/q-1;. The molecule has 0 aliphatic heterocycles. The summed E-state index contributed by atoms with van der Waals surface area (Å²) < 4.78 is 0. The fraction of sp³-hybridized carbons (Fsp3) is 0.250. The van der Waals surface area contributed by atoms with Crippen LogP contribution in [0.2, 0.25) is 0 Å². The summed E-state index contributed by atoms with van der Waals surface area (Å²) >= 11 is 0. The van der Waals surface area contributed by atoms with Crippen LogP contribution in [0.4, 0.5) is 0 Å². The van der Waals surface area contributed by atoms with Gasteiger partial charge in [0.15, 0.2) is 0 Å². The Labute approximate surface area is 62.4 Å². The minimum Gasteiger partial charge on any atom is -0.409 e. The van der Waals surface area contributed by atoms with Gasteiger partial charge in [0.05, 0.1) is 0 Å². The molecule has 0 bridgehead atoms. The van der Waals surface area contributed by atoms with Gasteiger partial charge < -0.3 is 10.7 Å². The molecule has 0 aromatic carbocycles. The van der Waals surface area contributed by atoms with E-state index < -0.39 is 0 Å². The third-order valence-electron chi connectivity index (χ3n) is 0.176. The molecule has 0 atom stereocenters. The van der Waals surface area contributed by atoms with E-state index in [1.165, 1.54) is 6.29 Å². The molecule has 1 nitrogen and oxygen atoms in total. The first-order chi connectivity index (χ1) is 2.41. The Morgan fingerprint density at radius 1 is 1.67 bits per heavy atom. The quantitative estimate of drug-likeness (QED) is 0.359. The van der Waals surface area contributed by atoms with Crippen molar-refractivity contribution in [1.82, 2.24) is 0 Å². The van der Waals surface area contributed by atoms with Gasteiger partial charge in [0.1, 0.15) is 0 Å². The van der Waals surface area contributed by atoms with Gasteiger partial charge in [0.25, 0.3) is 0 Å². The summed E-state index contributed by atoms with van der Waals surface area (Å²) in [5, 5.41) is 0. The van der Waals surface area contributed by atoms with Crippen LogP contribution in [0.5, 0.6) is 0 Å². The second kappa shape index (κ2) is 9.01. The first-order valence-electron chi connectivity index (χ1n) is 1.20. The van der Waals surface area contributed by atoms with E-state index in [1.54, 1.807) is 6.92 Å². The van der Waals surface area contributed by atoms with Gasteiger partial charge in [-0.2, -0.15) is 0 Å². The molecule has 29 valence electrons. The minimum atomic E-state index is 0. The fourth-order valence-corrected chi connectivity index (χ4v) is 0.0510. The van der Waals surface area contributed by atoms with Crippen molar-refractivity contribution < 1.29 is 37.5 Å². The molecule has 0 saturated carbocycles. The van der Waals surface area contributed by atoms with Crippen LogP contribution in [0.25, 0.3) is 0 Å². The van der Waals surface area contributed by atoms with E-state index in [0.717, 1.165) is 0 Å². The van der Waals surface area contributed by atoms with E-state index in [1.807, 2.05) is 0 Å². The zero-order valence-electron chi connectivity index (χ0n) is 3.49. The molecule has 0 rings (SSSR count). The van der Waals surface area contributed by atoms with Crippen molar-refractivity contribution in [2.45, 2.75) is 6.92 Å². The molecule has 0 aromatic heterocycles. The van der Waals surface area contributed by atoms with Gasteiger partial charge in [0.2, 0.25) is 0 Å². The van der Waals surface area contributed by atoms with Crippen LogP contribution >= 0.6 is 0 Å². The minimum absolute atomic E-state index is 0. The van der Waals surface area contributed by atoms with E-state index in [-0.39, 0.29) is 32.7 Å². The Hall–Kier alpha value is 0.334. The van der Waals surface area contributed by atoms with Crippen molar-refractivity contribution in [1.29, 1.82) is 0 Å². The van der Waals surface area contributed by atoms with E-state index in [0.29, 0.717) is 0 Å². The predicted molar refractivity (Wildman–Crippen MR) is 19.1 cm³/mol. The molecule has 0 unspecified atom stereocenters. The van der Waals surface area contributed by atoms with Crippen molar-refractivity contribution in [3.8, 4) is 11.8 Å². The van der Waals surface area contributed by atoms with E-state index >= 15 is 0 Å². The molecule has 0 spiro atoms. The first-order valence-corrected chi connectivity index (χ1v) is 1.20. The van der Waals surface area contributed by atoms with Crippen LogP contribution in [0.15, 0.2) is 0 Å². The van der Waals surface area contributed by atoms with Crippen molar-refractivity contribution >= 4 is 6.29 Å². The van der Waals surface area contributed by atoms with Gasteiger partial charge in [-0.1, -0.05) is 6.92 Å². The summed E-state index contributed by atoms with van der Waals surface area (Å²) in [6.45, 7) is 1.59. The molecular formula is C4H3OY-. The van der Waals surface area contributed by atoms with Crippen LogP contribution in [0.1, 0.15) is 6.92 Å². The average Bonchev–Trinajstić information content (AvgIpc) is 1.41. The molecule has 0 aliphatic carbocycles. The summed E-state index contributed by atoms with van der Waals surface area (Å²) in [7, 11) is 0. The molecule has 0 saturated heterocycles. The summed E-state index contributed by atoms with van der Waals surface area (Å²) in [4.78, 5) is 9.11. The number of carbonyl (C=O) groups excluding carboxylic acids is 1. The third kappa shape index (κ3) is 8.84. The normalized spacial score (nSPS) is 3.50. The Morgan fingerprint density at radius 2 is 2.17 bits per heavy atom. The molecule has 2 heteroatoms. The molecule has 0 amide bonds. The van der Waals surface area contributed by atoms with E-state index in [2.05, 4.69) is 11.8 Å². The van der Waals surface area contributed by atoms with Crippen LogP contribution < -0.4 is 0 Å². The first kappa shape index (κ1) is 9.59. The van der Waals surface area contributed by atoms with Gasteiger partial charge in [0, 0.05) is 39.0 Å². The Morgan fingerprint density at radius 3 is 2.17 bits per heavy atom. The maximum atomic E-state index is 9.11. The van der Waals surface area contributed by atoms with Gasteiger partial charge in [-0.15, -0.1) is 0 Å². The molecular weight excluding hydrogens is 153 g/mol. The molecule has 0 N–H and O–H groups in total. The Balaban J connectivity index is 0. The predicted octanol–water partition coefficient (Wildman–Crippen LogP) is 0.117. The molecule has 0 aromatic rings. The van der Waals surface area contributed by atoms with Crippen molar-refractivity contribution in [2.75, 3.05) is 0 Å². The largest absolute Gasteiger partial charge is 0.409 e. The zero-order chi connectivity index (χ0) is 4.12. The Kier molecular flexibility index (Phi) is 14.4. The van der Waals surface area contributed by atoms with Crippen molar-refractivity contribution in [3.63, 3.8) is 0 Å². The summed E-state index contributed by atoms with van der Waals surface area (Å²) in [6.07, 6.45) is 1.41. The van der Waals surface area contributed by atoms with Crippen LogP contribution in [0.3, 0.4) is 0 Å². The molecule has 1 radical (unpaired) electrons. The second-order valence-corrected chi connectivity index (χ2v) is 0.477. The second-order valence-electron chi connectivity index (χ2n) is 0.477. The maximum absolute atomic E-state index is 9.11. The van der Waals surface area contributed by atoms with Gasteiger partial charge in [-0.25, -0.2) is 0 Å². The summed E-state index contributed by atoms with van der Waals surface area (Å²) in [5.74, 6) is 4.40. The molecule has 0 fully saturated rings. The zero-order valence-corrected chi connectivity index (χ0v) is 6.32. The number of rotatable bonds is 0. The summed E-state index contributed by atoms with van der Waals surface area (Å²) in [5.41, 5.74) is 0. The fourth-order valence-electron chi connectivity index (χ4n) is 0.0510. The summed E-state index contributed by atoms with van der Waals surface area (Å²) in [6, 6.07) is 0. The Bertz CT molecular complexity index is 77.3. The monoisotopic (exact) mass is 156 g/mol.